The second kappa shape index (κ2) is 7.04. The van der Waals surface area contributed by atoms with E-state index in [-0.39, 0.29) is 23.7 Å². The zero-order chi connectivity index (χ0) is 20.6. The van der Waals surface area contributed by atoms with Crippen molar-refractivity contribution in [3.8, 4) is 16.9 Å². The van der Waals surface area contributed by atoms with Gasteiger partial charge in [0.25, 0.3) is 5.56 Å². The Balaban J connectivity index is 1.67. The predicted molar refractivity (Wildman–Crippen MR) is 96.3 cm³/mol. The Morgan fingerprint density at radius 2 is 1.83 bits per heavy atom. The Labute approximate surface area is 161 Å². The lowest BCUT2D eigenvalue weighted by molar-refractivity contribution is -0.274. The summed E-state index contributed by atoms with van der Waals surface area (Å²) >= 11 is 0. The Bertz CT molecular complexity index is 1230. The highest BCUT2D eigenvalue weighted by atomic mass is 19.4. The van der Waals surface area contributed by atoms with Crippen molar-refractivity contribution < 1.29 is 22.4 Å². The summed E-state index contributed by atoms with van der Waals surface area (Å²) in [5, 5.41) is 8.83. The van der Waals surface area contributed by atoms with E-state index in [1.54, 1.807) is 31.3 Å². The monoisotopic (exact) mass is 402 g/mol. The van der Waals surface area contributed by atoms with E-state index in [2.05, 4.69) is 20.0 Å². The van der Waals surface area contributed by atoms with E-state index in [4.69, 9.17) is 4.52 Å². The molecule has 148 valence electrons. The van der Waals surface area contributed by atoms with E-state index >= 15 is 0 Å². The van der Waals surface area contributed by atoms with Gasteiger partial charge in [0, 0.05) is 5.39 Å². The summed E-state index contributed by atoms with van der Waals surface area (Å²) in [4.78, 5) is 16.9. The Morgan fingerprint density at radius 1 is 1.10 bits per heavy atom. The number of hydrogen-bond acceptors (Lipinski definition) is 6. The maximum Gasteiger partial charge on any atom is 0.573 e. The number of fused-ring (bicyclic) bond motifs is 1. The van der Waals surface area contributed by atoms with Gasteiger partial charge in [0.1, 0.15) is 12.3 Å². The molecule has 0 aliphatic carbocycles. The van der Waals surface area contributed by atoms with E-state index in [9.17, 15) is 18.0 Å². The van der Waals surface area contributed by atoms with Crippen LogP contribution in [-0.4, -0.2) is 26.3 Å². The molecule has 0 atom stereocenters. The number of ether oxygens (including phenoxy) is 1. The molecule has 0 bridgehead atoms. The Hall–Kier alpha value is -3.69. The summed E-state index contributed by atoms with van der Waals surface area (Å²) < 4.78 is 47.0. The highest BCUT2D eigenvalue weighted by molar-refractivity contribution is 5.86. The minimum absolute atomic E-state index is 0.0311. The smallest absolute Gasteiger partial charge is 0.406 e. The van der Waals surface area contributed by atoms with E-state index < -0.39 is 6.36 Å². The maximum atomic E-state index is 12.8. The van der Waals surface area contributed by atoms with Crippen LogP contribution in [0.2, 0.25) is 0 Å². The van der Waals surface area contributed by atoms with Crippen LogP contribution in [0.1, 0.15) is 11.7 Å². The van der Waals surface area contributed by atoms with Gasteiger partial charge in [-0.2, -0.15) is 10.1 Å². The minimum atomic E-state index is -4.75. The molecule has 2 heterocycles. The molecule has 0 spiro atoms. The predicted octanol–water partition coefficient (Wildman–Crippen LogP) is 3.70. The van der Waals surface area contributed by atoms with Gasteiger partial charge in [0.05, 0.1) is 11.6 Å². The number of nitrogens with zero attached hydrogens (tertiary/aromatic N) is 4. The van der Waals surface area contributed by atoms with Crippen LogP contribution in [0, 0.1) is 6.92 Å². The average molecular weight is 402 g/mol. The molecule has 0 saturated carbocycles. The molecule has 10 heteroatoms. The van der Waals surface area contributed by atoms with Gasteiger partial charge in [-0.1, -0.05) is 29.4 Å². The van der Waals surface area contributed by atoms with Crippen molar-refractivity contribution in [2.45, 2.75) is 19.8 Å². The lowest BCUT2D eigenvalue weighted by Crippen LogP contribution is -2.23. The van der Waals surface area contributed by atoms with Crippen molar-refractivity contribution in [1.29, 1.82) is 0 Å². The molecule has 0 fully saturated rings. The van der Waals surface area contributed by atoms with Crippen molar-refractivity contribution in [1.82, 2.24) is 19.9 Å². The number of rotatable bonds is 4. The van der Waals surface area contributed by atoms with Crippen LogP contribution in [0.15, 0.2) is 58.0 Å². The number of alkyl halides is 3. The van der Waals surface area contributed by atoms with Crippen LogP contribution < -0.4 is 10.3 Å². The summed E-state index contributed by atoms with van der Waals surface area (Å²) in [6.45, 7) is 1.70. The van der Waals surface area contributed by atoms with Gasteiger partial charge in [-0.05, 0) is 36.2 Å². The topological polar surface area (TPSA) is 83.0 Å². The highest BCUT2D eigenvalue weighted by Crippen LogP contribution is 2.27. The third-order valence-corrected chi connectivity index (χ3v) is 4.13. The van der Waals surface area contributed by atoms with Crippen LogP contribution in [0.5, 0.6) is 5.75 Å². The molecule has 0 radical (unpaired) electrons. The second-order valence-corrected chi connectivity index (χ2v) is 6.22. The first-order valence-electron chi connectivity index (χ1n) is 8.44. The molecule has 0 aliphatic heterocycles. The Morgan fingerprint density at radius 3 is 2.48 bits per heavy atom. The van der Waals surface area contributed by atoms with Gasteiger partial charge in [0.15, 0.2) is 5.82 Å². The SMILES string of the molecule is Cc1noc(Cn2ncc3ccc(-c4ccc(OC(F)(F)F)cc4)cc3c2=O)n1. The molecule has 29 heavy (non-hydrogen) atoms. The van der Waals surface area contributed by atoms with Gasteiger partial charge < -0.3 is 9.26 Å². The standard InChI is InChI=1S/C19H13F3N4O3/c1-11-24-17(29-25-11)10-26-18(27)16-8-13(2-3-14(16)9-23-26)12-4-6-15(7-5-12)28-19(20,21)22/h2-9H,10H2,1H3. The normalized spacial score (nSPS) is 11.7. The first-order chi connectivity index (χ1) is 13.8. The fourth-order valence-corrected chi connectivity index (χ4v) is 2.85. The number of aromatic nitrogens is 4. The first-order valence-corrected chi connectivity index (χ1v) is 8.44. The average Bonchev–Trinajstić information content (AvgIpc) is 3.08. The van der Waals surface area contributed by atoms with Gasteiger partial charge in [-0.15, -0.1) is 13.2 Å². The van der Waals surface area contributed by atoms with Crippen molar-refractivity contribution in [3.63, 3.8) is 0 Å². The van der Waals surface area contributed by atoms with E-state index in [1.807, 2.05) is 0 Å². The maximum absolute atomic E-state index is 12.8. The number of benzene rings is 2. The van der Waals surface area contributed by atoms with Crippen molar-refractivity contribution in [2.24, 2.45) is 0 Å². The second-order valence-electron chi connectivity index (χ2n) is 6.22. The third-order valence-electron chi connectivity index (χ3n) is 4.13. The van der Waals surface area contributed by atoms with Crippen molar-refractivity contribution >= 4 is 10.8 Å². The molecule has 7 nitrogen and oxygen atoms in total. The lowest BCUT2D eigenvalue weighted by Gasteiger charge is -2.10. The first kappa shape index (κ1) is 18.7. The van der Waals surface area contributed by atoms with Crippen LogP contribution in [0.3, 0.4) is 0 Å². The number of hydrogen-bond donors (Lipinski definition) is 0. The van der Waals surface area contributed by atoms with Crippen LogP contribution in [0.25, 0.3) is 21.9 Å². The summed E-state index contributed by atoms with van der Waals surface area (Å²) in [7, 11) is 0. The molecular weight excluding hydrogens is 389 g/mol. The number of halogens is 3. The largest absolute Gasteiger partial charge is 0.573 e. The van der Waals surface area contributed by atoms with Crippen LogP contribution in [0.4, 0.5) is 13.2 Å². The van der Waals surface area contributed by atoms with E-state index in [0.717, 1.165) is 0 Å². The molecule has 0 N–H and O–H groups in total. The molecule has 0 saturated heterocycles. The van der Waals surface area contributed by atoms with Gasteiger partial charge in [-0.3, -0.25) is 4.79 Å². The molecule has 2 aromatic heterocycles. The minimum Gasteiger partial charge on any atom is -0.406 e. The fraction of sp³-hybridized carbons (Fsp3) is 0.158. The van der Waals surface area contributed by atoms with Gasteiger partial charge in [0.2, 0.25) is 5.89 Å². The van der Waals surface area contributed by atoms with Crippen molar-refractivity contribution in [3.05, 3.63) is 70.7 Å². The summed E-state index contributed by atoms with van der Waals surface area (Å²) in [6.07, 6.45) is -3.20. The third kappa shape index (κ3) is 4.10. The number of aryl methyl sites for hydroxylation is 1. The van der Waals surface area contributed by atoms with Crippen molar-refractivity contribution in [2.75, 3.05) is 0 Å². The molecule has 2 aromatic carbocycles. The van der Waals surface area contributed by atoms with Crippen LogP contribution >= 0.6 is 0 Å². The molecule has 0 amide bonds. The molecular formula is C19H13F3N4O3. The molecule has 4 rings (SSSR count). The summed E-state index contributed by atoms with van der Waals surface area (Å²) in [5.41, 5.74) is 0.952. The molecule has 0 unspecified atom stereocenters. The fourth-order valence-electron chi connectivity index (χ4n) is 2.85. The molecule has 4 aromatic rings. The zero-order valence-corrected chi connectivity index (χ0v) is 15.0. The highest BCUT2D eigenvalue weighted by Gasteiger charge is 2.30. The van der Waals surface area contributed by atoms with Gasteiger partial charge in [-0.25, -0.2) is 4.68 Å². The van der Waals surface area contributed by atoms with Crippen LogP contribution in [-0.2, 0) is 6.54 Å². The molecule has 0 aliphatic rings. The quantitative estimate of drug-likeness (QED) is 0.518. The van der Waals surface area contributed by atoms with E-state index in [1.165, 1.54) is 28.9 Å². The Kier molecular flexibility index (Phi) is 4.53. The van der Waals surface area contributed by atoms with E-state index in [0.29, 0.717) is 27.7 Å². The summed E-state index contributed by atoms with van der Waals surface area (Å²) in [5.74, 6) is 0.394. The van der Waals surface area contributed by atoms with Gasteiger partial charge >= 0.3 is 6.36 Å². The summed E-state index contributed by atoms with van der Waals surface area (Å²) in [6, 6.07) is 10.6. The zero-order valence-electron chi connectivity index (χ0n) is 15.0. The lowest BCUT2D eigenvalue weighted by atomic mass is 10.0.